The third-order valence-electron chi connectivity index (χ3n) is 4.67. The Morgan fingerprint density at radius 3 is 2.07 bits per heavy atom. The van der Waals surface area contributed by atoms with E-state index < -0.39 is 29.7 Å². The lowest BCUT2D eigenvalue weighted by atomic mass is 10.0. The molecule has 0 saturated heterocycles. The van der Waals surface area contributed by atoms with Gasteiger partial charge in [0.1, 0.15) is 11.6 Å². The van der Waals surface area contributed by atoms with Crippen LogP contribution in [0.3, 0.4) is 0 Å². The number of carbonyl (C=O) groups excluding carboxylic acids is 1. The fraction of sp³-hybridized carbons (Fsp3) is 0.417. The molecule has 2 rings (SSSR count). The van der Waals surface area contributed by atoms with Crippen molar-refractivity contribution in [3.8, 4) is 0 Å². The van der Waals surface area contributed by atoms with Crippen LogP contribution in [0.5, 0.6) is 0 Å². The molecule has 1 amide bonds. The quantitative estimate of drug-likeness (QED) is 0.553. The van der Waals surface area contributed by atoms with Crippen LogP contribution in [0.15, 0.2) is 59.5 Å². The average Bonchev–Trinajstić information content (AvgIpc) is 2.66. The maximum absolute atomic E-state index is 13.0. The van der Waals surface area contributed by atoms with Gasteiger partial charge in [0.25, 0.3) is 0 Å². The first-order valence-corrected chi connectivity index (χ1v) is 10.9. The second kappa shape index (κ2) is 10.0. The second-order valence-electron chi connectivity index (χ2n) is 8.40. The molecule has 2 aromatic rings. The Hall–Kier alpha value is -2.47. The van der Waals surface area contributed by atoms with Crippen LogP contribution in [0.25, 0.3) is 0 Å². The number of aryl methyl sites for hydroxylation is 1. The molecule has 0 heterocycles. The normalized spacial score (nSPS) is 14.5. The van der Waals surface area contributed by atoms with Crippen LogP contribution in [-0.2, 0) is 9.53 Å². The molecule has 0 saturated carbocycles. The van der Waals surface area contributed by atoms with E-state index in [1.165, 1.54) is 11.8 Å². The summed E-state index contributed by atoms with van der Waals surface area (Å²) < 4.78 is 5.56. The Balaban J connectivity index is 2.46. The van der Waals surface area contributed by atoms with E-state index in [1.54, 1.807) is 32.5 Å². The number of carboxylic acids is 1. The third-order valence-corrected chi connectivity index (χ3v) is 6.13. The number of rotatable bonds is 7. The number of amides is 1. The fourth-order valence-corrected chi connectivity index (χ4v) is 4.33. The Kier molecular flexibility index (Phi) is 7.96. The minimum atomic E-state index is -1.07. The van der Waals surface area contributed by atoms with E-state index in [1.807, 2.05) is 68.4 Å². The van der Waals surface area contributed by atoms with Crippen LogP contribution in [0.2, 0.25) is 0 Å². The number of aliphatic carboxylic acids is 1. The SMILES string of the molecule is Cc1ccc([C@@H](Sc2ccccc2)[C@H](C)N(C(=O)OC(C)(C)C)[C@@H](C)C(=O)O)cc1. The summed E-state index contributed by atoms with van der Waals surface area (Å²) in [6, 6.07) is 16.6. The maximum Gasteiger partial charge on any atom is 0.411 e. The molecule has 6 heteroatoms. The van der Waals surface area contributed by atoms with Gasteiger partial charge in [-0.3, -0.25) is 4.90 Å². The highest BCUT2D eigenvalue weighted by atomic mass is 32.2. The van der Waals surface area contributed by atoms with Crippen LogP contribution < -0.4 is 0 Å². The van der Waals surface area contributed by atoms with Gasteiger partial charge in [-0.05, 0) is 59.2 Å². The van der Waals surface area contributed by atoms with Gasteiger partial charge >= 0.3 is 12.1 Å². The molecule has 0 aliphatic rings. The van der Waals surface area contributed by atoms with E-state index in [4.69, 9.17) is 4.74 Å². The topological polar surface area (TPSA) is 66.8 Å². The van der Waals surface area contributed by atoms with Crippen LogP contribution in [-0.4, -0.2) is 39.8 Å². The number of hydrogen-bond acceptors (Lipinski definition) is 4. The molecule has 0 unspecified atom stereocenters. The monoisotopic (exact) mass is 429 g/mol. The summed E-state index contributed by atoms with van der Waals surface area (Å²) in [6.45, 7) is 10.7. The summed E-state index contributed by atoms with van der Waals surface area (Å²) in [6.07, 6.45) is -0.629. The Bertz CT molecular complexity index is 846. The van der Waals surface area contributed by atoms with Gasteiger partial charge in [-0.25, -0.2) is 9.59 Å². The molecular weight excluding hydrogens is 398 g/mol. The molecule has 0 radical (unpaired) electrons. The highest BCUT2D eigenvalue weighted by molar-refractivity contribution is 7.99. The van der Waals surface area contributed by atoms with Crippen molar-refractivity contribution in [1.29, 1.82) is 0 Å². The van der Waals surface area contributed by atoms with Gasteiger partial charge < -0.3 is 9.84 Å². The first-order valence-electron chi connectivity index (χ1n) is 10.0. The molecule has 2 aromatic carbocycles. The van der Waals surface area contributed by atoms with Crippen LogP contribution in [0.4, 0.5) is 4.79 Å². The molecule has 30 heavy (non-hydrogen) atoms. The van der Waals surface area contributed by atoms with Crippen molar-refractivity contribution >= 4 is 23.8 Å². The molecule has 3 atom stereocenters. The van der Waals surface area contributed by atoms with Gasteiger partial charge in [0.05, 0.1) is 5.25 Å². The van der Waals surface area contributed by atoms with E-state index in [2.05, 4.69) is 0 Å². The van der Waals surface area contributed by atoms with Gasteiger partial charge in [-0.2, -0.15) is 0 Å². The van der Waals surface area contributed by atoms with E-state index in [0.717, 1.165) is 16.0 Å². The summed E-state index contributed by atoms with van der Waals surface area (Å²) in [5.41, 5.74) is 1.44. The molecule has 0 bridgehead atoms. The largest absolute Gasteiger partial charge is 0.480 e. The molecule has 0 spiro atoms. The van der Waals surface area contributed by atoms with Gasteiger partial charge in [0.2, 0.25) is 0 Å². The van der Waals surface area contributed by atoms with Crippen molar-refractivity contribution in [2.75, 3.05) is 0 Å². The predicted octanol–water partition coefficient (Wildman–Crippen LogP) is 5.93. The molecule has 5 nitrogen and oxygen atoms in total. The molecule has 0 aliphatic heterocycles. The van der Waals surface area contributed by atoms with Gasteiger partial charge in [0.15, 0.2) is 0 Å². The summed E-state index contributed by atoms with van der Waals surface area (Å²) in [5.74, 6) is -1.07. The second-order valence-corrected chi connectivity index (χ2v) is 9.62. The molecule has 0 aromatic heterocycles. The van der Waals surface area contributed by atoms with Gasteiger partial charge in [0, 0.05) is 10.9 Å². The summed E-state index contributed by atoms with van der Waals surface area (Å²) in [4.78, 5) is 27.2. The highest BCUT2D eigenvalue weighted by Gasteiger charge is 2.37. The summed E-state index contributed by atoms with van der Waals surface area (Å²) in [5, 5.41) is 9.49. The molecule has 0 fully saturated rings. The standard InChI is InChI=1S/C24H31NO4S/c1-16-12-14-19(15-13-16)21(30-20-10-8-7-9-11-20)17(2)25(18(3)22(26)27)23(28)29-24(4,5)6/h7-15,17-18,21H,1-6H3,(H,26,27)/t17-,18-,21-/m0/s1. The van der Waals surface area contributed by atoms with E-state index in [9.17, 15) is 14.7 Å². The van der Waals surface area contributed by atoms with Crippen LogP contribution in [0.1, 0.15) is 51.0 Å². The zero-order chi connectivity index (χ0) is 22.5. The summed E-state index contributed by atoms with van der Waals surface area (Å²) >= 11 is 1.61. The molecule has 162 valence electrons. The lowest BCUT2D eigenvalue weighted by Gasteiger charge is -2.38. The lowest BCUT2D eigenvalue weighted by molar-refractivity contribution is -0.143. The molecule has 0 aliphatic carbocycles. The average molecular weight is 430 g/mol. The summed E-state index contributed by atoms with van der Waals surface area (Å²) in [7, 11) is 0. The van der Waals surface area contributed by atoms with E-state index in [-0.39, 0.29) is 5.25 Å². The van der Waals surface area contributed by atoms with Crippen molar-refractivity contribution < 1.29 is 19.4 Å². The lowest BCUT2D eigenvalue weighted by Crippen LogP contribution is -2.51. The minimum absolute atomic E-state index is 0.178. The number of nitrogens with zero attached hydrogens (tertiary/aromatic N) is 1. The molecule has 1 N–H and O–H groups in total. The Labute approximate surface area is 183 Å². The Morgan fingerprint density at radius 1 is 1.00 bits per heavy atom. The number of thioether (sulfide) groups is 1. The predicted molar refractivity (Wildman–Crippen MR) is 121 cm³/mol. The van der Waals surface area contributed by atoms with Crippen molar-refractivity contribution in [3.05, 3.63) is 65.7 Å². The smallest absolute Gasteiger partial charge is 0.411 e. The van der Waals surface area contributed by atoms with Gasteiger partial charge in [-0.15, -0.1) is 11.8 Å². The maximum atomic E-state index is 13.0. The van der Waals surface area contributed by atoms with E-state index >= 15 is 0 Å². The van der Waals surface area contributed by atoms with Crippen molar-refractivity contribution in [3.63, 3.8) is 0 Å². The fourth-order valence-electron chi connectivity index (χ4n) is 3.10. The van der Waals surface area contributed by atoms with Crippen molar-refractivity contribution in [1.82, 2.24) is 4.90 Å². The highest BCUT2D eigenvalue weighted by Crippen LogP contribution is 2.40. The zero-order valence-corrected chi connectivity index (χ0v) is 19.3. The third kappa shape index (κ3) is 6.52. The number of carbonyl (C=O) groups is 2. The van der Waals surface area contributed by atoms with Crippen molar-refractivity contribution in [2.45, 2.75) is 69.4 Å². The molecular formula is C24H31NO4S. The van der Waals surface area contributed by atoms with Crippen LogP contribution in [0, 0.1) is 6.92 Å². The number of carboxylic acid groups (broad SMARTS) is 1. The van der Waals surface area contributed by atoms with Gasteiger partial charge in [-0.1, -0.05) is 48.0 Å². The Morgan fingerprint density at radius 2 is 1.57 bits per heavy atom. The van der Waals surface area contributed by atoms with Crippen LogP contribution >= 0.6 is 11.8 Å². The van der Waals surface area contributed by atoms with E-state index in [0.29, 0.717) is 0 Å². The zero-order valence-electron chi connectivity index (χ0n) is 18.5. The number of hydrogen-bond donors (Lipinski definition) is 1. The first kappa shape index (κ1) is 23.8. The minimum Gasteiger partial charge on any atom is -0.480 e. The van der Waals surface area contributed by atoms with Crippen molar-refractivity contribution in [2.24, 2.45) is 0 Å². The number of ether oxygens (including phenoxy) is 1. The first-order chi connectivity index (χ1) is 14.0. The number of benzene rings is 2.